The van der Waals surface area contributed by atoms with Crippen molar-refractivity contribution in [3.63, 3.8) is 0 Å². The Morgan fingerprint density at radius 2 is 1.82 bits per heavy atom. The Bertz CT molecular complexity index is 638. The molecule has 0 saturated carbocycles. The lowest BCUT2D eigenvalue weighted by Crippen LogP contribution is -2.02. The summed E-state index contributed by atoms with van der Waals surface area (Å²) in [5.41, 5.74) is 2.60. The van der Waals surface area contributed by atoms with Crippen LogP contribution in [0.5, 0.6) is 0 Å². The predicted molar refractivity (Wildman–Crippen MR) is 66.7 cm³/mol. The van der Waals surface area contributed by atoms with Crippen molar-refractivity contribution in [1.29, 1.82) is 0 Å². The van der Waals surface area contributed by atoms with Crippen LogP contribution in [0.3, 0.4) is 0 Å². The third-order valence-electron chi connectivity index (χ3n) is 2.79. The number of hydrogen-bond acceptors (Lipinski definition) is 3. The Morgan fingerprint density at radius 1 is 1.12 bits per heavy atom. The normalized spacial score (nSPS) is 11.7. The summed E-state index contributed by atoms with van der Waals surface area (Å²) in [6, 6.07) is 7.08. The highest BCUT2D eigenvalue weighted by molar-refractivity contribution is 7.90. The molecule has 17 heavy (non-hydrogen) atoms. The van der Waals surface area contributed by atoms with Gasteiger partial charge in [-0.2, -0.15) is 0 Å². The molecule has 2 aromatic rings. The van der Waals surface area contributed by atoms with Gasteiger partial charge in [0, 0.05) is 11.8 Å². The van der Waals surface area contributed by atoms with Gasteiger partial charge in [-0.25, -0.2) is 8.42 Å². The second-order valence-electron chi connectivity index (χ2n) is 4.13. The van der Waals surface area contributed by atoms with E-state index in [9.17, 15) is 8.42 Å². The topological polar surface area (TPSA) is 47.3 Å². The number of sulfone groups is 1. The first-order valence-corrected chi connectivity index (χ1v) is 7.14. The van der Waals surface area contributed by atoms with Crippen LogP contribution in [0.4, 0.5) is 0 Å². The second kappa shape index (κ2) is 4.04. The highest BCUT2D eigenvalue weighted by atomic mass is 32.2. The monoisotopic (exact) mass is 250 g/mol. The Labute approximate surface area is 101 Å². The number of hydrogen-bond donors (Lipinski definition) is 0. The van der Waals surface area contributed by atoms with Crippen molar-refractivity contribution in [3.05, 3.63) is 41.7 Å². The minimum absolute atomic E-state index is 0.356. The summed E-state index contributed by atoms with van der Waals surface area (Å²) in [5, 5.41) is 0. The quantitative estimate of drug-likeness (QED) is 0.823. The Balaban J connectivity index is 2.77. The van der Waals surface area contributed by atoms with Crippen LogP contribution < -0.4 is 0 Å². The van der Waals surface area contributed by atoms with Crippen LogP contribution in [-0.4, -0.2) is 14.7 Å². The van der Waals surface area contributed by atoms with E-state index in [1.54, 1.807) is 31.4 Å². The van der Waals surface area contributed by atoms with Crippen LogP contribution in [0, 0.1) is 13.8 Å². The van der Waals surface area contributed by atoms with Gasteiger partial charge in [0.25, 0.3) is 0 Å². The van der Waals surface area contributed by atoms with Crippen molar-refractivity contribution in [2.75, 3.05) is 6.26 Å². The summed E-state index contributed by atoms with van der Waals surface area (Å²) in [7, 11) is -3.21. The molecule has 90 valence electrons. The molecule has 1 aromatic heterocycles. The van der Waals surface area contributed by atoms with E-state index in [2.05, 4.69) is 0 Å². The first-order chi connectivity index (χ1) is 7.91. The molecule has 0 N–H and O–H groups in total. The zero-order chi connectivity index (χ0) is 12.6. The highest BCUT2D eigenvalue weighted by Gasteiger charge is 2.17. The van der Waals surface area contributed by atoms with E-state index in [0.29, 0.717) is 10.7 Å². The van der Waals surface area contributed by atoms with Crippen LogP contribution in [0.25, 0.3) is 11.3 Å². The van der Waals surface area contributed by atoms with E-state index in [1.807, 2.05) is 13.0 Å². The van der Waals surface area contributed by atoms with E-state index in [1.165, 1.54) is 6.26 Å². The first kappa shape index (κ1) is 11.9. The van der Waals surface area contributed by atoms with E-state index >= 15 is 0 Å². The maximum absolute atomic E-state index is 11.7. The standard InChI is InChI=1S/C13H14O3S/c1-9-6-7-12(17(3,14)15)10(2)13(9)11-5-4-8-16-11/h4-8H,1-3H3. The maximum atomic E-state index is 11.7. The number of benzene rings is 1. The molecule has 0 bridgehead atoms. The predicted octanol–water partition coefficient (Wildman–Crippen LogP) is 2.97. The van der Waals surface area contributed by atoms with E-state index in [4.69, 9.17) is 4.42 Å². The summed E-state index contributed by atoms with van der Waals surface area (Å²) >= 11 is 0. The largest absolute Gasteiger partial charge is 0.464 e. The van der Waals surface area contributed by atoms with Crippen molar-refractivity contribution in [2.24, 2.45) is 0 Å². The third kappa shape index (κ3) is 2.13. The SMILES string of the molecule is Cc1ccc(S(C)(=O)=O)c(C)c1-c1ccco1. The van der Waals surface area contributed by atoms with Gasteiger partial charge in [-0.1, -0.05) is 6.07 Å². The van der Waals surface area contributed by atoms with Crippen LogP contribution in [0.15, 0.2) is 39.8 Å². The lowest BCUT2D eigenvalue weighted by atomic mass is 10.0. The Hall–Kier alpha value is -1.55. The van der Waals surface area contributed by atoms with E-state index < -0.39 is 9.84 Å². The Kier molecular flexibility index (Phi) is 2.83. The molecular formula is C13H14O3S. The fourth-order valence-electron chi connectivity index (χ4n) is 2.03. The third-order valence-corrected chi connectivity index (χ3v) is 4.03. The molecule has 0 fully saturated rings. The van der Waals surface area contributed by atoms with Crippen molar-refractivity contribution >= 4 is 9.84 Å². The minimum atomic E-state index is -3.21. The summed E-state index contributed by atoms with van der Waals surface area (Å²) in [4.78, 5) is 0.356. The fraction of sp³-hybridized carbons (Fsp3) is 0.231. The number of rotatable bonds is 2. The smallest absolute Gasteiger partial charge is 0.175 e. The second-order valence-corrected chi connectivity index (χ2v) is 6.11. The van der Waals surface area contributed by atoms with Gasteiger partial charge < -0.3 is 4.42 Å². The van der Waals surface area contributed by atoms with Crippen LogP contribution in [-0.2, 0) is 9.84 Å². The molecule has 1 heterocycles. The minimum Gasteiger partial charge on any atom is -0.464 e. The molecule has 0 spiro atoms. The molecule has 0 atom stereocenters. The summed E-state index contributed by atoms with van der Waals surface area (Å²) < 4.78 is 28.7. The summed E-state index contributed by atoms with van der Waals surface area (Å²) in [6.45, 7) is 3.75. The van der Waals surface area contributed by atoms with Gasteiger partial charge in [-0.05, 0) is 43.2 Å². The highest BCUT2D eigenvalue weighted by Crippen LogP contribution is 2.31. The molecule has 0 aliphatic rings. The van der Waals surface area contributed by atoms with E-state index in [-0.39, 0.29) is 0 Å². The average molecular weight is 250 g/mol. The molecular weight excluding hydrogens is 236 g/mol. The van der Waals surface area contributed by atoms with E-state index in [0.717, 1.165) is 16.7 Å². The molecule has 0 amide bonds. The number of aryl methyl sites for hydroxylation is 1. The molecule has 4 heteroatoms. The average Bonchev–Trinajstić information content (AvgIpc) is 2.68. The molecule has 3 nitrogen and oxygen atoms in total. The summed E-state index contributed by atoms with van der Waals surface area (Å²) in [5.74, 6) is 0.700. The van der Waals surface area contributed by atoms with Crippen LogP contribution in [0.1, 0.15) is 11.1 Å². The van der Waals surface area contributed by atoms with Gasteiger partial charge in [0.05, 0.1) is 11.2 Å². The van der Waals surface area contributed by atoms with Crippen molar-refractivity contribution in [1.82, 2.24) is 0 Å². The molecule has 0 unspecified atom stereocenters. The molecule has 2 rings (SSSR count). The van der Waals surface area contributed by atoms with Crippen molar-refractivity contribution in [2.45, 2.75) is 18.7 Å². The van der Waals surface area contributed by atoms with Gasteiger partial charge in [0.2, 0.25) is 0 Å². The lowest BCUT2D eigenvalue weighted by Gasteiger charge is -2.11. The zero-order valence-corrected chi connectivity index (χ0v) is 10.8. The molecule has 0 radical (unpaired) electrons. The fourth-order valence-corrected chi connectivity index (χ4v) is 3.00. The maximum Gasteiger partial charge on any atom is 0.175 e. The van der Waals surface area contributed by atoms with Gasteiger partial charge in [-0.15, -0.1) is 0 Å². The molecule has 0 aliphatic heterocycles. The molecule has 1 aromatic carbocycles. The number of furan rings is 1. The van der Waals surface area contributed by atoms with Gasteiger partial charge >= 0.3 is 0 Å². The van der Waals surface area contributed by atoms with Gasteiger partial charge in [-0.3, -0.25) is 0 Å². The van der Waals surface area contributed by atoms with Crippen molar-refractivity contribution in [3.8, 4) is 11.3 Å². The Morgan fingerprint density at radius 3 is 2.35 bits per heavy atom. The molecule has 0 saturated heterocycles. The summed E-state index contributed by atoms with van der Waals surface area (Å²) in [6.07, 6.45) is 2.80. The van der Waals surface area contributed by atoms with Crippen molar-refractivity contribution < 1.29 is 12.8 Å². The zero-order valence-electron chi connectivity index (χ0n) is 10.0. The lowest BCUT2D eigenvalue weighted by molar-refractivity contribution is 0.581. The van der Waals surface area contributed by atoms with Crippen LogP contribution in [0.2, 0.25) is 0 Å². The molecule has 0 aliphatic carbocycles. The van der Waals surface area contributed by atoms with Gasteiger partial charge in [0.15, 0.2) is 9.84 Å². The van der Waals surface area contributed by atoms with Crippen LogP contribution >= 0.6 is 0 Å². The van der Waals surface area contributed by atoms with Gasteiger partial charge in [0.1, 0.15) is 5.76 Å². The first-order valence-electron chi connectivity index (χ1n) is 5.25.